The van der Waals surface area contributed by atoms with Gasteiger partial charge in [-0.05, 0) is 37.3 Å². The molecule has 1 N–H and O–H groups in total. The van der Waals surface area contributed by atoms with Crippen LogP contribution in [0.5, 0.6) is 5.75 Å². The summed E-state index contributed by atoms with van der Waals surface area (Å²) in [7, 11) is -2.26. The minimum Gasteiger partial charge on any atom is -0.495 e. The average Bonchev–Trinajstić information content (AvgIpc) is 2.59. The fraction of sp³-hybridized carbons (Fsp3) is 0.294. The summed E-state index contributed by atoms with van der Waals surface area (Å²) in [4.78, 5) is 16.6. The molecule has 0 fully saturated rings. The highest BCUT2D eigenvalue weighted by Gasteiger charge is 2.29. The van der Waals surface area contributed by atoms with Crippen LogP contribution in [0.25, 0.3) is 0 Å². The number of pyridine rings is 1. The van der Waals surface area contributed by atoms with Crippen LogP contribution in [0.1, 0.15) is 12.6 Å². The summed E-state index contributed by atoms with van der Waals surface area (Å²) in [6.45, 7) is 1.71. The molecule has 2 rings (SSSR count). The molecule has 1 aromatic carbocycles. The first-order valence-electron chi connectivity index (χ1n) is 7.74. The normalized spacial score (nSPS) is 12.3. The van der Waals surface area contributed by atoms with Gasteiger partial charge in [0.25, 0.3) is 0 Å². The quantitative estimate of drug-likeness (QED) is 0.773. The number of halogens is 1. The molecule has 0 aliphatic rings. The molecule has 1 unspecified atom stereocenters. The van der Waals surface area contributed by atoms with Crippen molar-refractivity contribution in [2.24, 2.45) is 0 Å². The Kier molecular flexibility index (Phi) is 6.44. The first-order valence-corrected chi connectivity index (χ1v) is 9.97. The van der Waals surface area contributed by atoms with Gasteiger partial charge in [0.05, 0.1) is 36.3 Å². The fourth-order valence-electron chi connectivity index (χ4n) is 2.43. The maximum absolute atomic E-state index is 12.5. The van der Waals surface area contributed by atoms with Gasteiger partial charge in [0, 0.05) is 6.20 Å². The number of ether oxygens (including phenoxy) is 1. The van der Waals surface area contributed by atoms with Crippen LogP contribution in [-0.2, 0) is 21.4 Å². The fourth-order valence-corrected chi connectivity index (χ4v) is 3.85. The molecule has 2 aromatic rings. The van der Waals surface area contributed by atoms with E-state index in [-0.39, 0.29) is 17.3 Å². The summed E-state index contributed by atoms with van der Waals surface area (Å²) < 4.78 is 30.6. The van der Waals surface area contributed by atoms with Gasteiger partial charge in [-0.2, -0.15) is 0 Å². The molecule has 1 heterocycles. The van der Waals surface area contributed by atoms with Gasteiger partial charge in [0.1, 0.15) is 11.8 Å². The van der Waals surface area contributed by atoms with E-state index in [9.17, 15) is 13.2 Å². The number of methoxy groups -OCH3 is 1. The van der Waals surface area contributed by atoms with Crippen molar-refractivity contribution in [3.05, 3.63) is 53.3 Å². The molecule has 140 valence electrons. The van der Waals surface area contributed by atoms with Gasteiger partial charge < -0.3 is 10.1 Å². The van der Waals surface area contributed by atoms with Crippen molar-refractivity contribution in [1.82, 2.24) is 10.3 Å². The monoisotopic (exact) mass is 397 g/mol. The predicted octanol–water partition coefficient (Wildman–Crippen LogP) is 2.21. The van der Waals surface area contributed by atoms with E-state index in [1.165, 1.54) is 26.2 Å². The van der Waals surface area contributed by atoms with Crippen LogP contribution < -0.4 is 14.4 Å². The molecular formula is C17H20ClN3O4S. The number of nitrogens with zero attached hydrogens (tertiary/aromatic N) is 2. The zero-order valence-corrected chi connectivity index (χ0v) is 16.2. The number of carbonyl (C=O) groups is 1. The molecule has 9 heteroatoms. The van der Waals surface area contributed by atoms with Crippen molar-refractivity contribution < 1.29 is 17.9 Å². The van der Waals surface area contributed by atoms with Crippen LogP contribution >= 0.6 is 11.6 Å². The van der Waals surface area contributed by atoms with E-state index in [1.807, 2.05) is 0 Å². The van der Waals surface area contributed by atoms with E-state index in [2.05, 4.69) is 10.3 Å². The SMILES string of the molecule is COc1ccc(N(C(C)C(=O)NCc2ccccn2)S(C)(=O)=O)cc1Cl. The Hall–Kier alpha value is -2.32. The first-order chi connectivity index (χ1) is 12.2. The van der Waals surface area contributed by atoms with Crippen molar-refractivity contribution in [2.45, 2.75) is 19.5 Å². The lowest BCUT2D eigenvalue weighted by Gasteiger charge is -2.28. The minimum atomic E-state index is -3.72. The topological polar surface area (TPSA) is 88.6 Å². The second-order valence-electron chi connectivity index (χ2n) is 5.59. The number of nitrogens with one attached hydrogen (secondary N) is 1. The Labute approximate surface area is 158 Å². The highest BCUT2D eigenvalue weighted by molar-refractivity contribution is 7.92. The molecule has 1 amide bonds. The lowest BCUT2D eigenvalue weighted by atomic mass is 10.2. The number of anilines is 1. The molecule has 0 aliphatic heterocycles. The lowest BCUT2D eigenvalue weighted by Crippen LogP contribution is -2.47. The molecule has 0 saturated carbocycles. The zero-order valence-electron chi connectivity index (χ0n) is 14.6. The van der Waals surface area contributed by atoms with Crippen molar-refractivity contribution in [1.29, 1.82) is 0 Å². The summed E-state index contributed by atoms with van der Waals surface area (Å²) in [6.07, 6.45) is 2.65. The van der Waals surface area contributed by atoms with Crippen LogP contribution in [0.3, 0.4) is 0 Å². The number of hydrogen-bond donors (Lipinski definition) is 1. The number of amides is 1. The van der Waals surface area contributed by atoms with E-state index >= 15 is 0 Å². The number of carbonyl (C=O) groups excluding carboxylic acids is 1. The van der Waals surface area contributed by atoms with Gasteiger partial charge in [0.15, 0.2) is 0 Å². The van der Waals surface area contributed by atoms with Gasteiger partial charge >= 0.3 is 0 Å². The molecule has 1 aromatic heterocycles. The largest absolute Gasteiger partial charge is 0.495 e. The third-order valence-electron chi connectivity index (χ3n) is 3.65. The number of rotatable bonds is 7. The molecule has 7 nitrogen and oxygen atoms in total. The standard InChI is InChI=1S/C17H20ClN3O4S/c1-12(17(22)20-11-13-6-4-5-9-19-13)21(26(3,23)24)14-7-8-16(25-2)15(18)10-14/h4-10,12H,11H2,1-3H3,(H,20,22). The van der Waals surface area contributed by atoms with Crippen molar-refractivity contribution in [2.75, 3.05) is 17.7 Å². The average molecular weight is 398 g/mol. The second-order valence-corrected chi connectivity index (χ2v) is 7.86. The van der Waals surface area contributed by atoms with Crippen LogP contribution in [0.4, 0.5) is 5.69 Å². The number of aromatic nitrogens is 1. The molecular weight excluding hydrogens is 378 g/mol. The van der Waals surface area contributed by atoms with Gasteiger partial charge in [-0.15, -0.1) is 0 Å². The Morgan fingerprint density at radius 3 is 2.62 bits per heavy atom. The number of benzene rings is 1. The maximum Gasteiger partial charge on any atom is 0.243 e. The van der Waals surface area contributed by atoms with Crippen LogP contribution in [-0.4, -0.2) is 38.7 Å². The van der Waals surface area contributed by atoms with Gasteiger partial charge in [-0.25, -0.2) is 8.42 Å². The van der Waals surface area contributed by atoms with E-state index in [0.717, 1.165) is 10.6 Å². The third kappa shape index (κ3) is 4.86. The Balaban J connectivity index is 2.23. The second kappa shape index (κ2) is 8.37. The summed E-state index contributed by atoms with van der Waals surface area (Å²) in [5.41, 5.74) is 0.949. The molecule has 0 spiro atoms. The summed E-state index contributed by atoms with van der Waals surface area (Å²) >= 11 is 6.09. The first kappa shape index (κ1) is 20.0. The Bertz CT molecular complexity index is 875. The maximum atomic E-state index is 12.5. The lowest BCUT2D eigenvalue weighted by molar-refractivity contribution is -0.122. The van der Waals surface area contributed by atoms with Gasteiger partial charge in [-0.3, -0.25) is 14.1 Å². The summed E-state index contributed by atoms with van der Waals surface area (Å²) in [6, 6.07) is 8.90. The van der Waals surface area contributed by atoms with Crippen molar-refractivity contribution in [3.63, 3.8) is 0 Å². The Morgan fingerprint density at radius 2 is 2.08 bits per heavy atom. The highest BCUT2D eigenvalue weighted by atomic mass is 35.5. The molecule has 0 radical (unpaired) electrons. The smallest absolute Gasteiger partial charge is 0.243 e. The van der Waals surface area contributed by atoms with Crippen LogP contribution in [0.2, 0.25) is 5.02 Å². The summed E-state index contributed by atoms with van der Waals surface area (Å²) in [5.74, 6) is -0.0378. The highest BCUT2D eigenvalue weighted by Crippen LogP contribution is 2.31. The molecule has 0 aliphatic carbocycles. The van der Waals surface area contributed by atoms with Crippen LogP contribution in [0, 0.1) is 0 Å². The molecule has 0 bridgehead atoms. The zero-order chi connectivity index (χ0) is 19.3. The van der Waals surface area contributed by atoms with E-state index in [4.69, 9.17) is 16.3 Å². The molecule has 0 saturated heterocycles. The molecule has 1 atom stereocenters. The van der Waals surface area contributed by atoms with E-state index < -0.39 is 22.0 Å². The van der Waals surface area contributed by atoms with Crippen molar-refractivity contribution >= 4 is 33.2 Å². The van der Waals surface area contributed by atoms with Crippen molar-refractivity contribution in [3.8, 4) is 5.75 Å². The number of hydrogen-bond acceptors (Lipinski definition) is 5. The van der Waals surface area contributed by atoms with E-state index in [1.54, 1.807) is 30.5 Å². The minimum absolute atomic E-state index is 0.199. The molecule has 26 heavy (non-hydrogen) atoms. The van der Waals surface area contributed by atoms with Gasteiger partial charge in [-0.1, -0.05) is 17.7 Å². The predicted molar refractivity (Wildman–Crippen MR) is 101 cm³/mol. The summed E-state index contributed by atoms with van der Waals surface area (Å²) in [5, 5.41) is 2.94. The Morgan fingerprint density at radius 1 is 1.35 bits per heavy atom. The number of sulfonamides is 1. The third-order valence-corrected chi connectivity index (χ3v) is 5.19. The van der Waals surface area contributed by atoms with Crippen LogP contribution in [0.15, 0.2) is 42.6 Å². The van der Waals surface area contributed by atoms with Gasteiger partial charge in [0.2, 0.25) is 15.9 Å². The van der Waals surface area contributed by atoms with E-state index in [0.29, 0.717) is 11.4 Å².